The molecule has 0 spiro atoms. The molecule has 0 unspecified atom stereocenters. The minimum absolute atomic E-state index is 0.0949. The second kappa shape index (κ2) is 7.10. The van der Waals surface area contributed by atoms with Crippen LogP contribution in [-0.2, 0) is 0 Å². The van der Waals surface area contributed by atoms with Crippen molar-refractivity contribution in [3.8, 4) is 5.75 Å². The second-order valence-corrected chi connectivity index (χ2v) is 8.93. The van der Waals surface area contributed by atoms with Crippen LogP contribution < -0.4 is 16.0 Å². The Bertz CT molecular complexity index is 788. The van der Waals surface area contributed by atoms with Crippen molar-refractivity contribution in [2.24, 2.45) is 0 Å². The molecule has 2 bridgehead atoms. The van der Waals surface area contributed by atoms with Crippen LogP contribution in [-0.4, -0.2) is 34.2 Å². The van der Waals surface area contributed by atoms with Gasteiger partial charge in [-0.1, -0.05) is 11.6 Å². The average molecular weight is 410 g/mol. The molecule has 0 radical (unpaired) electrons. The third-order valence-electron chi connectivity index (χ3n) is 6.72. The fourth-order valence-corrected chi connectivity index (χ4v) is 4.83. The van der Waals surface area contributed by atoms with Gasteiger partial charge in [-0.3, -0.25) is 4.79 Å². The standard InChI is InChI=1S/C20H25ClFN3O3/c21-15-11-12(22)10-14(16(15)26)17(27)24-19-4-7-20(8-5-19,9-6-19)25-18(28)23-13-2-1-3-13/h10-11,13,26H,1-9H2,(H,24,27)(H2,23,25,28). The van der Waals surface area contributed by atoms with Gasteiger partial charge >= 0.3 is 6.03 Å². The van der Waals surface area contributed by atoms with Crippen LogP contribution in [0.1, 0.15) is 68.1 Å². The molecule has 5 rings (SSSR count). The van der Waals surface area contributed by atoms with Gasteiger partial charge in [0.05, 0.1) is 10.6 Å². The molecule has 6 nitrogen and oxygen atoms in total. The Labute approximate surface area is 168 Å². The zero-order chi connectivity index (χ0) is 19.9. The first-order valence-electron chi connectivity index (χ1n) is 9.89. The summed E-state index contributed by atoms with van der Waals surface area (Å²) in [7, 11) is 0. The monoisotopic (exact) mass is 409 g/mol. The maximum absolute atomic E-state index is 13.6. The van der Waals surface area contributed by atoms with Gasteiger partial charge in [-0.15, -0.1) is 0 Å². The fraction of sp³-hybridized carbons (Fsp3) is 0.600. The number of halogens is 2. The molecule has 4 N–H and O–H groups in total. The number of amides is 3. The van der Waals surface area contributed by atoms with Crippen LogP contribution in [0.5, 0.6) is 5.75 Å². The van der Waals surface area contributed by atoms with Crippen molar-refractivity contribution in [1.82, 2.24) is 16.0 Å². The minimum atomic E-state index is -0.668. The molecule has 1 aromatic rings. The Hall–Kier alpha value is -2.02. The fourth-order valence-electron chi connectivity index (χ4n) is 4.62. The molecule has 4 fully saturated rings. The number of carbonyl (C=O) groups excluding carboxylic acids is 2. The molecule has 0 atom stereocenters. The summed E-state index contributed by atoms with van der Waals surface area (Å²) >= 11 is 5.78. The van der Waals surface area contributed by atoms with Gasteiger partial charge in [0.25, 0.3) is 5.91 Å². The van der Waals surface area contributed by atoms with Crippen molar-refractivity contribution in [3.05, 3.63) is 28.5 Å². The largest absolute Gasteiger partial charge is 0.506 e. The van der Waals surface area contributed by atoms with Gasteiger partial charge in [-0.05, 0) is 69.9 Å². The molecule has 152 valence electrons. The van der Waals surface area contributed by atoms with Gasteiger partial charge in [0, 0.05) is 17.1 Å². The van der Waals surface area contributed by atoms with Crippen molar-refractivity contribution in [2.75, 3.05) is 0 Å². The van der Waals surface area contributed by atoms with Crippen LogP contribution in [0.4, 0.5) is 9.18 Å². The number of carbonyl (C=O) groups is 2. The summed E-state index contributed by atoms with van der Waals surface area (Å²) in [6.45, 7) is 0. The van der Waals surface area contributed by atoms with Crippen LogP contribution in [0.25, 0.3) is 0 Å². The van der Waals surface area contributed by atoms with Gasteiger partial charge in [0.15, 0.2) is 0 Å². The lowest BCUT2D eigenvalue weighted by atomic mass is 9.61. The predicted octanol–water partition coefficient (Wildman–Crippen LogP) is 3.61. The van der Waals surface area contributed by atoms with E-state index in [2.05, 4.69) is 16.0 Å². The summed E-state index contributed by atoms with van der Waals surface area (Å²) in [4.78, 5) is 24.9. The van der Waals surface area contributed by atoms with Gasteiger partial charge in [0.2, 0.25) is 0 Å². The Balaban J connectivity index is 1.38. The zero-order valence-corrected chi connectivity index (χ0v) is 16.4. The average Bonchev–Trinajstić information content (AvgIpc) is 2.62. The third-order valence-corrected chi connectivity index (χ3v) is 7.01. The van der Waals surface area contributed by atoms with Gasteiger partial charge in [-0.2, -0.15) is 0 Å². The predicted molar refractivity (Wildman–Crippen MR) is 103 cm³/mol. The topological polar surface area (TPSA) is 90.5 Å². The van der Waals surface area contributed by atoms with Crippen molar-refractivity contribution in [3.63, 3.8) is 0 Å². The molecule has 8 heteroatoms. The van der Waals surface area contributed by atoms with E-state index in [1.54, 1.807) is 0 Å². The maximum atomic E-state index is 13.6. The van der Waals surface area contributed by atoms with Gasteiger partial charge in [-0.25, -0.2) is 9.18 Å². The van der Waals surface area contributed by atoms with Crippen LogP contribution in [0.2, 0.25) is 5.02 Å². The molecular formula is C20H25ClFN3O3. The first kappa shape index (κ1) is 19.3. The molecule has 28 heavy (non-hydrogen) atoms. The number of benzene rings is 1. The van der Waals surface area contributed by atoms with E-state index in [-0.39, 0.29) is 22.2 Å². The molecular weight excluding hydrogens is 385 g/mol. The van der Waals surface area contributed by atoms with Crippen molar-refractivity contribution in [1.29, 1.82) is 0 Å². The van der Waals surface area contributed by atoms with E-state index in [4.69, 9.17) is 11.6 Å². The minimum Gasteiger partial charge on any atom is -0.506 e. The van der Waals surface area contributed by atoms with Crippen LogP contribution in [0.15, 0.2) is 12.1 Å². The Kier molecular flexibility index (Phi) is 4.89. The molecule has 4 saturated carbocycles. The Morgan fingerprint density at radius 2 is 1.61 bits per heavy atom. The quantitative estimate of drug-likeness (QED) is 0.612. The molecule has 0 saturated heterocycles. The number of aromatic hydroxyl groups is 1. The summed E-state index contributed by atoms with van der Waals surface area (Å²) < 4.78 is 13.6. The number of phenols is 1. The van der Waals surface area contributed by atoms with E-state index in [0.29, 0.717) is 6.04 Å². The first-order valence-corrected chi connectivity index (χ1v) is 10.3. The Morgan fingerprint density at radius 3 is 2.14 bits per heavy atom. The molecule has 4 aliphatic rings. The summed E-state index contributed by atoms with van der Waals surface area (Å²) in [6.07, 6.45) is 7.79. The summed E-state index contributed by atoms with van der Waals surface area (Å²) in [6, 6.07) is 2.17. The normalized spacial score (nSPS) is 29.1. The highest BCUT2D eigenvalue weighted by Gasteiger charge is 2.50. The number of nitrogens with one attached hydrogen (secondary N) is 3. The molecule has 0 heterocycles. The number of rotatable bonds is 4. The molecule has 4 aliphatic carbocycles. The van der Waals surface area contributed by atoms with Crippen LogP contribution in [0, 0.1) is 5.82 Å². The van der Waals surface area contributed by atoms with E-state index in [1.165, 1.54) is 6.42 Å². The summed E-state index contributed by atoms with van der Waals surface area (Å²) in [5.74, 6) is -1.60. The van der Waals surface area contributed by atoms with E-state index in [1.807, 2.05) is 0 Å². The molecule has 3 amide bonds. The van der Waals surface area contributed by atoms with Gasteiger partial charge in [0.1, 0.15) is 11.6 Å². The maximum Gasteiger partial charge on any atom is 0.315 e. The van der Waals surface area contributed by atoms with E-state index in [9.17, 15) is 19.1 Å². The number of phenolic OH excluding ortho intramolecular Hbond substituents is 1. The lowest BCUT2D eigenvalue weighted by molar-refractivity contribution is 0.0523. The lowest BCUT2D eigenvalue weighted by Crippen LogP contribution is -2.65. The highest BCUT2D eigenvalue weighted by Crippen LogP contribution is 2.47. The molecule has 1 aromatic carbocycles. The number of fused-ring (bicyclic) bond motifs is 3. The van der Waals surface area contributed by atoms with Crippen molar-refractivity contribution >= 4 is 23.5 Å². The summed E-state index contributed by atoms with van der Waals surface area (Å²) in [5, 5.41) is 19.0. The number of hydrogen-bond acceptors (Lipinski definition) is 3. The number of hydrogen-bond donors (Lipinski definition) is 4. The van der Waals surface area contributed by atoms with E-state index >= 15 is 0 Å². The van der Waals surface area contributed by atoms with Crippen molar-refractivity contribution < 1.29 is 19.1 Å². The zero-order valence-electron chi connectivity index (χ0n) is 15.6. The molecule has 0 aliphatic heterocycles. The van der Waals surface area contributed by atoms with Crippen molar-refractivity contribution in [2.45, 2.75) is 74.9 Å². The third kappa shape index (κ3) is 3.64. The second-order valence-electron chi connectivity index (χ2n) is 8.52. The number of urea groups is 1. The SMILES string of the molecule is O=C(NC1CCC1)NC12CCC(NC(=O)c3cc(F)cc(Cl)c3O)(CC1)CC2. The first-order chi connectivity index (χ1) is 13.3. The van der Waals surface area contributed by atoms with Gasteiger partial charge < -0.3 is 21.1 Å². The molecule has 0 aromatic heterocycles. The van der Waals surface area contributed by atoms with Crippen LogP contribution in [0.3, 0.4) is 0 Å². The smallest absolute Gasteiger partial charge is 0.315 e. The van der Waals surface area contributed by atoms with Crippen LogP contribution >= 0.6 is 11.6 Å². The van der Waals surface area contributed by atoms with E-state index < -0.39 is 23.0 Å². The Morgan fingerprint density at radius 1 is 1.04 bits per heavy atom. The van der Waals surface area contributed by atoms with E-state index in [0.717, 1.165) is 63.5 Å². The lowest BCUT2D eigenvalue weighted by Gasteiger charge is -2.53. The summed E-state index contributed by atoms with van der Waals surface area (Å²) in [5.41, 5.74) is -0.763. The highest BCUT2D eigenvalue weighted by atomic mass is 35.5. The highest BCUT2D eigenvalue weighted by molar-refractivity contribution is 6.32.